The van der Waals surface area contributed by atoms with Crippen LogP contribution in [-0.2, 0) is 32.4 Å². The summed E-state index contributed by atoms with van der Waals surface area (Å²) in [6.45, 7) is 7.93. The Morgan fingerprint density at radius 3 is 2.47 bits per heavy atom. The summed E-state index contributed by atoms with van der Waals surface area (Å²) in [4.78, 5) is 27.5. The number of benzene rings is 2. The molecule has 0 aliphatic heterocycles. The Morgan fingerprint density at radius 2 is 1.76 bits per heavy atom. The van der Waals surface area contributed by atoms with Crippen LogP contribution >= 0.6 is 11.3 Å². The zero-order valence-corrected chi connectivity index (χ0v) is 27.6. The fraction of sp³-hybridized carbons (Fsp3) is 0.324. The van der Waals surface area contributed by atoms with Gasteiger partial charge in [0.05, 0.1) is 29.3 Å². The summed E-state index contributed by atoms with van der Waals surface area (Å²) in [5.74, 6) is -0.746. The van der Waals surface area contributed by atoms with Crippen LogP contribution in [0.1, 0.15) is 81.1 Å². The maximum Gasteiger partial charge on any atom is 0.341 e. The van der Waals surface area contributed by atoms with Gasteiger partial charge in [-0.2, -0.15) is 5.10 Å². The van der Waals surface area contributed by atoms with Crippen molar-refractivity contribution in [2.75, 3.05) is 6.61 Å². The molecular formula is C34H38N4O5S2. The summed E-state index contributed by atoms with van der Waals surface area (Å²) < 4.78 is 36.5. The second kappa shape index (κ2) is 13.9. The Bertz CT molecular complexity index is 1820. The van der Waals surface area contributed by atoms with Crippen LogP contribution in [0, 0.1) is 20.8 Å². The van der Waals surface area contributed by atoms with E-state index in [1.165, 1.54) is 4.88 Å². The summed E-state index contributed by atoms with van der Waals surface area (Å²) in [5.41, 5.74) is 8.50. The number of amides is 1. The van der Waals surface area contributed by atoms with Gasteiger partial charge in [0, 0.05) is 28.2 Å². The number of ether oxygens (including phenoxy) is 1. The molecular weight excluding hydrogens is 609 g/mol. The van der Waals surface area contributed by atoms with Gasteiger partial charge in [0.1, 0.15) is 5.00 Å². The molecule has 0 saturated carbocycles. The summed E-state index contributed by atoms with van der Waals surface area (Å²) >= 11 is 1.64. The van der Waals surface area contributed by atoms with Crippen LogP contribution < -0.4 is 10.1 Å². The van der Waals surface area contributed by atoms with Crippen molar-refractivity contribution in [1.82, 2.24) is 14.7 Å². The summed E-state index contributed by atoms with van der Waals surface area (Å²) in [5, 5.41) is 5.06. The predicted molar refractivity (Wildman–Crippen MR) is 177 cm³/mol. The number of aryl methyl sites for hydroxylation is 3. The van der Waals surface area contributed by atoms with Gasteiger partial charge in [0.2, 0.25) is 15.9 Å². The van der Waals surface area contributed by atoms with Crippen molar-refractivity contribution >= 4 is 39.5 Å². The highest BCUT2D eigenvalue weighted by Gasteiger charge is 2.29. The van der Waals surface area contributed by atoms with E-state index in [0.29, 0.717) is 17.7 Å². The van der Waals surface area contributed by atoms with Gasteiger partial charge in [-0.05, 0) is 82.7 Å². The number of nitrogens with zero attached hydrogens (tertiary/aromatic N) is 2. The molecule has 0 fully saturated rings. The first-order chi connectivity index (χ1) is 21.6. The molecule has 1 amide bonds. The lowest BCUT2D eigenvalue weighted by Gasteiger charge is -2.18. The lowest BCUT2D eigenvalue weighted by molar-refractivity contribution is -0.121. The maximum atomic E-state index is 13.2. The first-order valence-corrected chi connectivity index (χ1v) is 17.4. The highest BCUT2D eigenvalue weighted by Crippen LogP contribution is 2.39. The molecule has 2 aromatic heterocycles. The monoisotopic (exact) mass is 646 g/mol. The molecule has 0 unspecified atom stereocenters. The molecule has 0 saturated heterocycles. The zero-order valence-electron chi connectivity index (χ0n) is 25.9. The van der Waals surface area contributed by atoms with Crippen molar-refractivity contribution in [3.8, 4) is 5.00 Å². The van der Waals surface area contributed by atoms with Crippen LogP contribution in [0.3, 0.4) is 0 Å². The van der Waals surface area contributed by atoms with Gasteiger partial charge in [0.25, 0.3) is 0 Å². The van der Waals surface area contributed by atoms with Crippen molar-refractivity contribution in [3.63, 3.8) is 0 Å². The predicted octanol–water partition coefficient (Wildman–Crippen LogP) is 6.08. The van der Waals surface area contributed by atoms with Gasteiger partial charge in [0.15, 0.2) is 0 Å². The Morgan fingerprint density at radius 1 is 1.04 bits per heavy atom. The van der Waals surface area contributed by atoms with E-state index in [1.807, 2.05) is 39.8 Å². The number of nitrogens with one attached hydrogen (secondary N) is 2. The molecule has 2 heterocycles. The standard InChI is InChI=1S/C34H38N4O5S2/c1-5-43-34(40)32-28-13-9-10-14-30(28)44-33(32)38-23(3)19-26(24(38)4)21-35-36-31(39)20-29(25-11-7-6-8-12-25)37-45(41,42)27-17-15-22(2)16-18-27/h6-8,11-12,15-19,21,29,37H,5,9-10,13-14,20H2,1-4H3,(H,36,39)/b35-21-/t29-/m0/s1. The minimum atomic E-state index is -3.89. The van der Waals surface area contributed by atoms with Crippen molar-refractivity contribution < 1.29 is 22.7 Å². The summed E-state index contributed by atoms with van der Waals surface area (Å²) in [6.07, 6.45) is 5.39. The van der Waals surface area contributed by atoms with Crippen LogP contribution in [0.4, 0.5) is 0 Å². The highest BCUT2D eigenvalue weighted by molar-refractivity contribution is 7.89. The molecule has 2 aromatic carbocycles. The van der Waals surface area contributed by atoms with Gasteiger partial charge in [-0.15, -0.1) is 11.3 Å². The lowest BCUT2D eigenvalue weighted by atomic mass is 9.95. The number of esters is 1. The summed E-state index contributed by atoms with van der Waals surface area (Å²) in [6, 6.07) is 16.7. The normalized spacial score (nSPS) is 13.9. The van der Waals surface area contributed by atoms with E-state index >= 15 is 0 Å². The molecule has 0 spiro atoms. The zero-order chi connectivity index (χ0) is 32.1. The smallest absolute Gasteiger partial charge is 0.341 e. The second-order valence-electron chi connectivity index (χ2n) is 11.2. The van der Waals surface area contributed by atoms with Crippen LogP contribution in [0.2, 0.25) is 0 Å². The van der Waals surface area contributed by atoms with E-state index in [-0.39, 0.29) is 17.3 Å². The molecule has 9 nitrogen and oxygen atoms in total. The molecule has 236 valence electrons. The number of hydrogen-bond donors (Lipinski definition) is 2. The molecule has 1 aliphatic rings. The first-order valence-electron chi connectivity index (χ1n) is 15.1. The SMILES string of the molecule is CCOC(=O)c1c(-n2c(C)cc(/C=N\NC(=O)C[C@H](NS(=O)(=O)c3ccc(C)cc3)c3ccccc3)c2C)sc2c1CCCC2. The number of hydrogen-bond acceptors (Lipinski definition) is 7. The van der Waals surface area contributed by atoms with Gasteiger partial charge in [-0.25, -0.2) is 23.4 Å². The summed E-state index contributed by atoms with van der Waals surface area (Å²) in [7, 11) is -3.89. The Hall–Kier alpha value is -4.06. The van der Waals surface area contributed by atoms with Crippen LogP contribution in [0.15, 0.2) is 70.7 Å². The molecule has 5 rings (SSSR count). The third kappa shape index (κ3) is 7.27. The molecule has 0 radical (unpaired) electrons. The minimum Gasteiger partial charge on any atom is -0.462 e. The van der Waals surface area contributed by atoms with Crippen LogP contribution in [0.5, 0.6) is 0 Å². The number of carbonyl (C=O) groups is 2. The van der Waals surface area contributed by atoms with Crippen LogP contribution in [0.25, 0.3) is 5.00 Å². The number of thiophene rings is 1. The van der Waals surface area contributed by atoms with Crippen molar-refractivity contribution in [3.05, 3.63) is 105 Å². The number of rotatable bonds is 11. The average molecular weight is 647 g/mol. The third-order valence-corrected chi connectivity index (χ3v) is 10.7. The van der Waals surface area contributed by atoms with E-state index in [9.17, 15) is 18.0 Å². The minimum absolute atomic E-state index is 0.125. The fourth-order valence-electron chi connectivity index (χ4n) is 5.64. The number of hydrazone groups is 1. The quantitative estimate of drug-likeness (QED) is 0.116. The molecule has 4 aromatic rings. The second-order valence-corrected chi connectivity index (χ2v) is 14.0. The highest BCUT2D eigenvalue weighted by atomic mass is 32.2. The van der Waals surface area contributed by atoms with E-state index in [1.54, 1.807) is 66.1 Å². The van der Waals surface area contributed by atoms with Gasteiger partial charge < -0.3 is 9.30 Å². The van der Waals surface area contributed by atoms with Gasteiger partial charge in [-0.1, -0.05) is 48.0 Å². The molecule has 2 N–H and O–H groups in total. The number of sulfonamides is 1. The fourth-order valence-corrected chi connectivity index (χ4v) is 8.36. The van der Waals surface area contributed by atoms with Gasteiger partial charge in [-0.3, -0.25) is 4.79 Å². The van der Waals surface area contributed by atoms with Gasteiger partial charge >= 0.3 is 5.97 Å². The van der Waals surface area contributed by atoms with E-state index in [4.69, 9.17) is 4.74 Å². The maximum absolute atomic E-state index is 13.2. The average Bonchev–Trinajstić information content (AvgIpc) is 3.53. The molecule has 1 atom stereocenters. The van der Waals surface area contributed by atoms with Crippen molar-refractivity contribution in [2.45, 2.75) is 70.7 Å². The topological polar surface area (TPSA) is 119 Å². The Kier molecular flexibility index (Phi) is 10.0. The largest absolute Gasteiger partial charge is 0.462 e. The first kappa shape index (κ1) is 32.3. The molecule has 45 heavy (non-hydrogen) atoms. The molecule has 11 heteroatoms. The van der Waals surface area contributed by atoms with E-state index < -0.39 is 22.0 Å². The van der Waals surface area contributed by atoms with Crippen LogP contribution in [-0.4, -0.2) is 37.7 Å². The Labute approximate surface area is 268 Å². The third-order valence-electron chi connectivity index (χ3n) is 7.92. The number of fused-ring (bicyclic) bond motifs is 1. The molecule has 0 bridgehead atoms. The number of aromatic nitrogens is 1. The number of carbonyl (C=O) groups excluding carboxylic acids is 2. The van der Waals surface area contributed by atoms with Crippen molar-refractivity contribution in [2.24, 2.45) is 5.10 Å². The lowest BCUT2D eigenvalue weighted by Crippen LogP contribution is -2.32. The van der Waals surface area contributed by atoms with E-state index in [0.717, 1.165) is 58.8 Å². The molecule has 1 aliphatic carbocycles. The van der Waals surface area contributed by atoms with Crippen molar-refractivity contribution in [1.29, 1.82) is 0 Å². The Balaban J connectivity index is 1.34. The van der Waals surface area contributed by atoms with E-state index in [2.05, 4.69) is 19.8 Å².